The molecule has 0 saturated carbocycles. The normalized spacial score (nSPS) is 10.6. The Morgan fingerprint density at radius 2 is 1.82 bits per heavy atom. The molecule has 0 atom stereocenters. The Hall–Kier alpha value is -2.67. The van der Waals surface area contributed by atoms with Crippen molar-refractivity contribution in [2.45, 2.75) is 4.90 Å². The Morgan fingerprint density at radius 1 is 1.18 bits per heavy atom. The average molecular weight is 315 g/mol. The van der Waals surface area contributed by atoms with Gasteiger partial charge in [0.25, 0.3) is 11.6 Å². The first kappa shape index (κ1) is 15.7. The summed E-state index contributed by atoms with van der Waals surface area (Å²) in [7, 11) is 0. The summed E-state index contributed by atoms with van der Waals surface area (Å²) in [5.41, 5.74) is 3.49. The van der Waals surface area contributed by atoms with Crippen molar-refractivity contribution in [3.05, 3.63) is 69.8 Å². The number of hydrogen-bond donors (Lipinski definition) is 1. The summed E-state index contributed by atoms with van der Waals surface area (Å²) in [6.07, 6.45) is 3.53. The molecule has 7 heteroatoms. The Morgan fingerprint density at radius 3 is 2.36 bits per heavy atom. The molecule has 0 aliphatic heterocycles. The molecule has 112 valence electrons. The van der Waals surface area contributed by atoms with Crippen molar-refractivity contribution in [1.29, 1.82) is 0 Å². The number of rotatable bonds is 5. The second kappa shape index (κ2) is 7.37. The number of carbonyl (C=O) groups excluding carboxylic acids is 1. The van der Waals surface area contributed by atoms with Gasteiger partial charge in [-0.25, -0.2) is 5.43 Å². The van der Waals surface area contributed by atoms with E-state index in [0.29, 0.717) is 5.56 Å². The van der Waals surface area contributed by atoms with Crippen LogP contribution in [0.25, 0.3) is 0 Å². The van der Waals surface area contributed by atoms with Gasteiger partial charge in [-0.15, -0.1) is 11.8 Å². The summed E-state index contributed by atoms with van der Waals surface area (Å²) in [6, 6.07) is 13.0. The maximum Gasteiger partial charge on any atom is 0.271 e. The van der Waals surface area contributed by atoms with Gasteiger partial charge in [0.1, 0.15) is 0 Å². The first-order valence-corrected chi connectivity index (χ1v) is 7.54. The lowest BCUT2D eigenvalue weighted by molar-refractivity contribution is -0.384. The Balaban J connectivity index is 1.96. The molecule has 2 rings (SSSR count). The molecule has 0 fully saturated rings. The number of benzene rings is 2. The molecule has 0 heterocycles. The lowest BCUT2D eigenvalue weighted by atomic mass is 10.2. The van der Waals surface area contributed by atoms with Crippen LogP contribution in [0.15, 0.2) is 58.5 Å². The highest BCUT2D eigenvalue weighted by atomic mass is 32.2. The molecule has 0 aromatic heterocycles. The standard InChI is InChI=1S/C15H13N3O3S/c1-22-14-8-2-11(3-9-14)10-16-17-15(19)12-4-6-13(7-5-12)18(20)21/h2-10H,1H3,(H,17,19)/b16-10-. The van der Waals surface area contributed by atoms with Gasteiger partial charge in [0.15, 0.2) is 0 Å². The molecular weight excluding hydrogens is 302 g/mol. The van der Waals surface area contributed by atoms with Gasteiger partial charge in [0.05, 0.1) is 11.1 Å². The second-order valence-electron chi connectivity index (χ2n) is 4.28. The molecule has 1 amide bonds. The smallest absolute Gasteiger partial charge is 0.267 e. The summed E-state index contributed by atoms with van der Waals surface area (Å²) >= 11 is 1.64. The molecule has 0 unspecified atom stereocenters. The van der Waals surface area contributed by atoms with Crippen molar-refractivity contribution in [3.8, 4) is 0 Å². The minimum Gasteiger partial charge on any atom is -0.267 e. The largest absolute Gasteiger partial charge is 0.271 e. The van der Waals surface area contributed by atoms with E-state index in [2.05, 4.69) is 10.5 Å². The maximum absolute atomic E-state index is 11.8. The number of nitro groups is 1. The number of non-ortho nitro benzene ring substituents is 1. The van der Waals surface area contributed by atoms with E-state index in [1.165, 1.54) is 30.5 Å². The molecule has 0 radical (unpaired) electrons. The van der Waals surface area contributed by atoms with Crippen molar-refractivity contribution >= 4 is 29.6 Å². The fourth-order valence-corrected chi connectivity index (χ4v) is 2.06. The maximum atomic E-state index is 11.8. The van der Waals surface area contributed by atoms with Crippen molar-refractivity contribution in [3.63, 3.8) is 0 Å². The monoisotopic (exact) mass is 315 g/mol. The van der Waals surface area contributed by atoms with Gasteiger partial charge < -0.3 is 0 Å². The molecule has 2 aromatic carbocycles. The summed E-state index contributed by atoms with van der Waals surface area (Å²) in [5, 5.41) is 14.4. The SMILES string of the molecule is CSc1ccc(/C=N\NC(=O)c2ccc([N+](=O)[O-])cc2)cc1. The van der Waals surface area contributed by atoms with Crippen molar-refractivity contribution in [2.24, 2.45) is 5.10 Å². The fourth-order valence-electron chi connectivity index (χ4n) is 1.65. The van der Waals surface area contributed by atoms with E-state index in [1.54, 1.807) is 11.8 Å². The number of nitrogens with one attached hydrogen (secondary N) is 1. The third-order valence-electron chi connectivity index (χ3n) is 2.84. The van der Waals surface area contributed by atoms with Gasteiger partial charge in [0, 0.05) is 22.6 Å². The minimum atomic E-state index is -0.516. The molecule has 22 heavy (non-hydrogen) atoms. The first-order chi connectivity index (χ1) is 10.6. The number of carbonyl (C=O) groups is 1. The highest BCUT2D eigenvalue weighted by Gasteiger charge is 2.08. The number of nitrogens with zero attached hydrogens (tertiary/aromatic N) is 2. The lowest BCUT2D eigenvalue weighted by Crippen LogP contribution is -2.17. The van der Waals surface area contributed by atoms with Crippen LogP contribution < -0.4 is 5.43 Å². The van der Waals surface area contributed by atoms with E-state index in [4.69, 9.17) is 0 Å². The summed E-state index contributed by atoms with van der Waals surface area (Å²) in [6.45, 7) is 0. The van der Waals surface area contributed by atoms with E-state index in [9.17, 15) is 14.9 Å². The Kier molecular flexibility index (Phi) is 5.26. The predicted octanol–water partition coefficient (Wildman–Crippen LogP) is 3.08. The number of hydrogen-bond acceptors (Lipinski definition) is 5. The molecule has 0 bridgehead atoms. The number of amides is 1. The van der Waals surface area contributed by atoms with E-state index < -0.39 is 10.8 Å². The average Bonchev–Trinajstić information content (AvgIpc) is 2.55. The number of hydrazone groups is 1. The van der Waals surface area contributed by atoms with Gasteiger partial charge in [-0.05, 0) is 36.1 Å². The first-order valence-electron chi connectivity index (χ1n) is 6.32. The van der Waals surface area contributed by atoms with Crippen LogP contribution in [-0.2, 0) is 0 Å². The van der Waals surface area contributed by atoms with Crippen molar-refractivity contribution in [2.75, 3.05) is 6.26 Å². The quantitative estimate of drug-likeness (QED) is 0.398. The summed E-state index contributed by atoms with van der Waals surface area (Å²) in [5.74, 6) is -0.424. The zero-order valence-electron chi connectivity index (χ0n) is 11.7. The predicted molar refractivity (Wildman–Crippen MR) is 86.4 cm³/mol. The highest BCUT2D eigenvalue weighted by molar-refractivity contribution is 7.98. The van der Waals surface area contributed by atoms with E-state index in [-0.39, 0.29) is 5.69 Å². The molecule has 2 aromatic rings. The summed E-state index contributed by atoms with van der Waals surface area (Å²) < 4.78 is 0. The van der Waals surface area contributed by atoms with Gasteiger partial charge in [0.2, 0.25) is 0 Å². The Labute approximate surface area is 131 Å². The van der Waals surface area contributed by atoms with E-state index >= 15 is 0 Å². The lowest BCUT2D eigenvalue weighted by Gasteiger charge is -2.00. The second-order valence-corrected chi connectivity index (χ2v) is 5.16. The van der Waals surface area contributed by atoms with Crippen LogP contribution in [0.1, 0.15) is 15.9 Å². The highest BCUT2D eigenvalue weighted by Crippen LogP contribution is 2.14. The number of thioether (sulfide) groups is 1. The van der Waals surface area contributed by atoms with Crippen LogP contribution in [0, 0.1) is 10.1 Å². The Bertz CT molecular complexity index is 697. The van der Waals surface area contributed by atoms with Crippen molar-refractivity contribution in [1.82, 2.24) is 5.43 Å². The molecule has 6 nitrogen and oxygen atoms in total. The third-order valence-corrected chi connectivity index (χ3v) is 3.58. The molecular formula is C15H13N3O3S. The molecule has 0 spiro atoms. The molecule has 0 aliphatic rings. The van der Waals surface area contributed by atoms with Gasteiger partial charge in [-0.3, -0.25) is 14.9 Å². The molecule has 0 saturated heterocycles. The third kappa shape index (κ3) is 4.16. The molecule has 0 aliphatic carbocycles. The van der Waals surface area contributed by atoms with Crippen LogP contribution in [-0.4, -0.2) is 23.3 Å². The molecule has 1 N–H and O–H groups in total. The topological polar surface area (TPSA) is 84.6 Å². The van der Waals surface area contributed by atoms with E-state index in [0.717, 1.165) is 10.5 Å². The van der Waals surface area contributed by atoms with Gasteiger partial charge in [-0.2, -0.15) is 5.10 Å². The van der Waals surface area contributed by atoms with Crippen molar-refractivity contribution < 1.29 is 9.72 Å². The minimum absolute atomic E-state index is 0.0612. The van der Waals surface area contributed by atoms with Crippen LogP contribution in [0.2, 0.25) is 0 Å². The fraction of sp³-hybridized carbons (Fsp3) is 0.0667. The van der Waals surface area contributed by atoms with E-state index in [1.807, 2.05) is 30.5 Å². The van der Waals surface area contributed by atoms with Crippen LogP contribution in [0.3, 0.4) is 0 Å². The van der Waals surface area contributed by atoms with Crippen LogP contribution >= 0.6 is 11.8 Å². The van der Waals surface area contributed by atoms with Gasteiger partial charge in [-0.1, -0.05) is 12.1 Å². The van der Waals surface area contributed by atoms with Gasteiger partial charge >= 0.3 is 0 Å². The van der Waals surface area contributed by atoms with Crippen LogP contribution in [0.4, 0.5) is 5.69 Å². The zero-order chi connectivity index (χ0) is 15.9. The summed E-state index contributed by atoms with van der Waals surface area (Å²) in [4.78, 5) is 23.0. The number of nitro benzene ring substituents is 1. The van der Waals surface area contributed by atoms with Crippen LogP contribution in [0.5, 0.6) is 0 Å². The zero-order valence-corrected chi connectivity index (χ0v) is 12.5.